The molecule has 4 nitrogen and oxygen atoms in total. The third kappa shape index (κ3) is 5.63. The maximum atomic E-state index is 9.73. The molecule has 1 spiro atoms. The van der Waals surface area contributed by atoms with Gasteiger partial charge in [0.2, 0.25) is 0 Å². The quantitative estimate of drug-likeness (QED) is 0.153. The SMILES string of the molecule is N#Cc1cccc(-c2ccc(C34CC5CC6CC(c7ccc(-c8ccc(-c9nc(-c%10ccccc%10)nc(-c%10cccc(-c%11ccccc%11)c%10)n9)cc8)c8ccccc78)(C3)CC654)c3ccccc23)c1. The van der Waals surface area contributed by atoms with E-state index in [1.54, 1.807) is 11.1 Å². The lowest BCUT2D eigenvalue weighted by atomic mass is 9.30. The van der Waals surface area contributed by atoms with Gasteiger partial charge in [0.15, 0.2) is 17.5 Å². The minimum absolute atomic E-state index is 0.131. The Kier molecular flexibility index (Phi) is 8.50. The Balaban J connectivity index is 0.827. The van der Waals surface area contributed by atoms with E-state index >= 15 is 0 Å². The van der Waals surface area contributed by atoms with Crippen molar-refractivity contribution >= 4 is 21.5 Å². The van der Waals surface area contributed by atoms with Crippen LogP contribution in [0.15, 0.2) is 206 Å². The molecule has 4 heteroatoms. The molecule has 1 aromatic heterocycles. The number of nitriles is 1. The molecule has 2 bridgehead atoms. The van der Waals surface area contributed by atoms with Crippen molar-refractivity contribution < 1.29 is 0 Å². The normalized spacial score (nSPS) is 22.9. The first-order valence-electron chi connectivity index (χ1n) is 24.2. The summed E-state index contributed by atoms with van der Waals surface area (Å²) >= 11 is 0. The van der Waals surface area contributed by atoms with Crippen LogP contribution in [0, 0.1) is 28.6 Å². The Morgan fingerprint density at radius 1 is 0.397 bits per heavy atom. The Labute approximate surface area is 396 Å². The molecule has 4 saturated carbocycles. The molecule has 0 radical (unpaired) electrons. The van der Waals surface area contributed by atoms with Crippen molar-refractivity contribution in [2.75, 3.05) is 0 Å². The van der Waals surface area contributed by atoms with Crippen molar-refractivity contribution in [2.24, 2.45) is 17.3 Å². The van der Waals surface area contributed by atoms with Gasteiger partial charge < -0.3 is 0 Å². The Hall–Kier alpha value is -8.00. The highest BCUT2D eigenvalue weighted by Crippen LogP contribution is 2.89. The van der Waals surface area contributed by atoms with Crippen LogP contribution in [0.3, 0.4) is 0 Å². The third-order valence-corrected chi connectivity index (χ3v) is 17.0. The fourth-order valence-electron chi connectivity index (χ4n) is 14.4. The molecule has 9 aromatic carbocycles. The predicted molar refractivity (Wildman–Crippen MR) is 274 cm³/mol. The van der Waals surface area contributed by atoms with Crippen molar-refractivity contribution in [1.82, 2.24) is 15.0 Å². The molecule has 1 heterocycles. The summed E-state index contributed by atoms with van der Waals surface area (Å²) in [6.45, 7) is 0. The largest absolute Gasteiger partial charge is 0.208 e. The number of rotatable bonds is 8. The van der Waals surface area contributed by atoms with E-state index in [1.807, 2.05) is 42.5 Å². The van der Waals surface area contributed by atoms with Crippen LogP contribution in [0.2, 0.25) is 0 Å². The second-order valence-electron chi connectivity index (χ2n) is 20.1. The summed E-state index contributed by atoms with van der Waals surface area (Å²) in [4.78, 5) is 15.2. The molecule has 0 N–H and O–H groups in total. The number of hydrogen-bond donors (Lipinski definition) is 0. The average Bonchev–Trinajstić information content (AvgIpc) is 3.88. The zero-order valence-electron chi connectivity index (χ0n) is 37.6. The van der Waals surface area contributed by atoms with Gasteiger partial charge in [-0.05, 0) is 139 Å². The molecule has 4 aliphatic carbocycles. The highest BCUT2D eigenvalue weighted by molar-refractivity contribution is 6.01. The minimum atomic E-state index is 0.131. The summed E-state index contributed by atoms with van der Waals surface area (Å²) in [5.41, 5.74) is 14.4. The van der Waals surface area contributed by atoms with Gasteiger partial charge in [0.1, 0.15) is 0 Å². The first-order valence-corrected chi connectivity index (χ1v) is 24.2. The molecule has 4 fully saturated rings. The highest BCUT2D eigenvalue weighted by atomic mass is 15.0. The molecular formula is C64H46N4. The number of hydrogen-bond acceptors (Lipinski definition) is 4. The van der Waals surface area contributed by atoms with Crippen LogP contribution >= 0.6 is 0 Å². The summed E-state index contributed by atoms with van der Waals surface area (Å²) in [6, 6.07) is 76.4. The van der Waals surface area contributed by atoms with Crippen LogP contribution in [-0.4, -0.2) is 15.0 Å². The Morgan fingerprint density at radius 3 is 1.60 bits per heavy atom. The summed E-state index contributed by atoms with van der Waals surface area (Å²) in [7, 11) is 0. The molecular weight excluding hydrogens is 825 g/mol. The zero-order valence-corrected chi connectivity index (χ0v) is 37.6. The van der Waals surface area contributed by atoms with E-state index in [0.29, 0.717) is 28.5 Å². The van der Waals surface area contributed by atoms with E-state index in [4.69, 9.17) is 15.0 Å². The van der Waals surface area contributed by atoms with Crippen LogP contribution < -0.4 is 0 Å². The first-order chi connectivity index (χ1) is 33.5. The summed E-state index contributed by atoms with van der Waals surface area (Å²) in [5, 5.41) is 15.1. The van der Waals surface area contributed by atoms with Crippen molar-refractivity contribution in [3.63, 3.8) is 0 Å². The van der Waals surface area contributed by atoms with Crippen LogP contribution in [-0.2, 0) is 10.8 Å². The van der Waals surface area contributed by atoms with Crippen LogP contribution in [0.5, 0.6) is 0 Å². The van der Waals surface area contributed by atoms with Gasteiger partial charge in [-0.2, -0.15) is 5.26 Å². The number of fused-ring (bicyclic) bond motifs is 3. The third-order valence-electron chi connectivity index (χ3n) is 17.0. The van der Waals surface area contributed by atoms with Crippen molar-refractivity contribution in [3.8, 4) is 73.6 Å². The van der Waals surface area contributed by atoms with E-state index in [2.05, 4.69) is 170 Å². The summed E-state index contributed by atoms with van der Waals surface area (Å²) < 4.78 is 0. The Morgan fingerprint density at radius 2 is 0.912 bits per heavy atom. The molecule has 4 aliphatic rings. The van der Waals surface area contributed by atoms with E-state index in [1.165, 1.54) is 70.3 Å². The highest BCUT2D eigenvalue weighted by Gasteiger charge is 2.84. The second kappa shape index (κ2) is 14.8. The monoisotopic (exact) mass is 870 g/mol. The molecule has 0 saturated heterocycles. The van der Waals surface area contributed by atoms with Crippen molar-refractivity contribution in [1.29, 1.82) is 5.26 Å². The zero-order chi connectivity index (χ0) is 45.0. The van der Waals surface area contributed by atoms with Crippen molar-refractivity contribution in [3.05, 3.63) is 223 Å². The fourth-order valence-corrected chi connectivity index (χ4v) is 14.4. The van der Waals surface area contributed by atoms with Crippen LogP contribution in [0.1, 0.15) is 48.8 Å². The predicted octanol–water partition coefficient (Wildman–Crippen LogP) is 15.5. The van der Waals surface area contributed by atoms with Gasteiger partial charge in [-0.15, -0.1) is 0 Å². The lowest BCUT2D eigenvalue weighted by Gasteiger charge is -2.73. The molecule has 322 valence electrons. The van der Waals surface area contributed by atoms with Crippen molar-refractivity contribution in [2.45, 2.75) is 42.9 Å². The molecule has 10 aromatic rings. The van der Waals surface area contributed by atoms with Gasteiger partial charge >= 0.3 is 0 Å². The van der Waals surface area contributed by atoms with Gasteiger partial charge in [0, 0.05) is 22.1 Å². The summed E-state index contributed by atoms with van der Waals surface area (Å²) in [5.74, 6) is 3.53. The maximum Gasteiger partial charge on any atom is 0.164 e. The summed E-state index contributed by atoms with van der Waals surface area (Å²) in [6.07, 6.45) is 6.43. The number of aromatic nitrogens is 3. The standard InChI is InChI=1S/C64H46N4/c65-38-41-13-11-19-47(33-41)52-30-32-58(56-24-10-8-22-54(52)56)63-37-50-35-49-36-62(39-63,40-64(49,50)63)57-31-29-51(53-21-7-9-23-55(53)57)43-25-27-45(28-26-43)60-66-59(44-16-5-2-6-17-44)67-61(68-60)48-20-12-18-46(34-48)42-14-3-1-4-15-42/h1-34,49-50H,35-37,39-40H2. The molecule has 14 rings (SSSR count). The molecule has 0 amide bonds. The van der Waals surface area contributed by atoms with E-state index < -0.39 is 0 Å². The first kappa shape index (κ1) is 39.2. The topological polar surface area (TPSA) is 62.5 Å². The number of nitrogens with zero attached hydrogens (tertiary/aromatic N) is 4. The van der Waals surface area contributed by atoms with Crippen LogP contribution in [0.4, 0.5) is 0 Å². The molecule has 68 heavy (non-hydrogen) atoms. The van der Waals surface area contributed by atoms with Gasteiger partial charge in [0.25, 0.3) is 0 Å². The van der Waals surface area contributed by atoms with E-state index in [-0.39, 0.29) is 10.8 Å². The maximum absolute atomic E-state index is 9.73. The second-order valence-corrected chi connectivity index (χ2v) is 20.1. The molecule has 0 aliphatic heterocycles. The minimum Gasteiger partial charge on any atom is -0.208 e. The van der Waals surface area contributed by atoms with E-state index in [9.17, 15) is 5.26 Å². The average molecular weight is 871 g/mol. The van der Waals surface area contributed by atoms with E-state index in [0.717, 1.165) is 45.2 Å². The lowest BCUT2D eigenvalue weighted by Crippen LogP contribution is -2.69. The van der Waals surface area contributed by atoms with Crippen LogP contribution in [0.25, 0.3) is 89.1 Å². The van der Waals surface area contributed by atoms with Gasteiger partial charge in [-0.25, -0.2) is 15.0 Å². The lowest BCUT2D eigenvalue weighted by molar-refractivity contribution is -0.198. The van der Waals surface area contributed by atoms with Gasteiger partial charge in [0.05, 0.1) is 11.6 Å². The van der Waals surface area contributed by atoms with Gasteiger partial charge in [-0.3, -0.25) is 0 Å². The Bertz CT molecular complexity index is 3710. The van der Waals surface area contributed by atoms with Gasteiger partial charge in [-0.1, -0.05) is 188 Å². The smallest absolute Gasteiger partial charge is 0.164 e. The fraction of sp³-hybridized carbons (Fsp3) is 0.156. The number of benzene rings is 9. The molecule has 5 unspecified atom stereocenters. The molecule has 5 atom stereocenters.